The fraction of sp³-hybridized carbons (Fsp3) is 0.333. The lowest BCUT2D eigenvalue weighted by Crippen LogP contribution is -2.26. The van der Waals surface area contributed by atoms with E-state index in [0.29, 0.717) is 11.2 Å². The van der Waals surface area contributed by atoms with Crippen LogP contribution in [0, 0.1) is 0 Å². The summed E-state index contributed by atoms with van der Waals surface area (Å²) in [6.07, 6.45) is 3.96. The number of hydrogen-bond acceptors (Lipinski definition) is 4. The van der Waals surface area contributed by atoms with Crippen molar-refractivity contribution < 1.29 is 0 Å². The summed E-state index contributed by atoms with van der Waals surface area (Å²) in [6.45, 7) is 0.883. The van der Waals surface area contributed by atoms with Gasteiger partial charge in [0.1, 0.15) is 17.3 Å². The van der Waals surface area contributed by atoms with Gasteiger partial charge < -0.3 is 4.90 Å². The highest BCUT2D eigenvalue weighted by Crippen LogP contribution is 2.37. The van der Waals surface area contributed by atoms with Gasteiger partial charge in [0.25, 0.3) is 0 Å². The minimum Gasteiger partial charge on any atom is -0.347 e. The molecular weight excluding hydrogens is 334 g/mol. The first-order valence-electron chi connectivity index (χ1n) is 5.70. The average molecular weight is 345 g/mol. The highest BCUT2D eigenvalue weighted by molar-refractivity contribution is 9.10. The maximum atomic E-state index is 6.04. The van der Waals surface area contributed by atoms with Gasteiger partial charge >= 0.3 is 0 Å². The maximum absolute atomic E-state index is 6.04. The Balaban J connectivity index is 1.91. The monoisotopic (exact) mass is 343 g/mol. The van der Waals surface area contributed by atoms with E-state index in [-0.39, 0.29) is 0 Å². The van der Waals surface area contributed by atoms with Crippen molar-refractivity contribution in [3.8, 4) is 0 Å². The molecule has 1 aliphatic rings. The minimum atomic E-state index is 0.469. The van der Waals surface area contributed by atoms with Crippen LogP contribution in [-0.4, -0.2) is 16.0 Å². The molecule has 0 aromatic carbocycles. The van der Waals surface area contributed by atoms with Crippen LogP contribution in [0.2, 0.25) is 5.15 Å². The lowest BCUT2D eigenvalue weighted by atomic mass is 10.4. The van der Waals surface area contributed by atoms with Gasteiger partial charge in [-0.1, -0.05) is 17.7 Å². The Hall–Kier alpha value is -0.650. The van der Waals surface area contributed by atoms with Crippen LogP contribution >= 0.6 is 38.9 Å². The summed E-state index contributed by atoms with van der Waals surface area (Å²) in [4.78, 5) is 12.0. The van der Waals surface area contributed by atoms with E-state index < -0.39 is 0 Å². The molecule has 3 rings (SSSR count). The molecule has 6 heteroatoms. The Morgan fingerprint density at radius 2 is 2.28 bits per heavy atom. The molecule has 0 bridgehead atoms. The van der Waals surface area contributed by atoms with Gasteiger partial charge in [-0.3, -0.25) is 0 Å². The van der Waals surface area contributed by atoms with E-state index in [1.165, 1.54) is 24.0 Å². The van der Waals surface area contributed by atoms with Crippen molar-refractivity contribution in [2.24, 2.45) is 0 Å². The zero-order valence-corrected chi connectivity index (χ0v) is 12.7. The molecule has 2 aromatic heterocycles. The summed E-state index contributed by atoms with van der Waals surface area (Å²) in [5.74, 6) is 0.894. The van der Waals surface area contributed by atoms with Gasteiger partial charge in [-0.2, -0.15) is 0 Å². The summed E-state index contributed by atoms with van der Waals surface area (Å²) in [5.41, 5.74) is 0. The number of halogens is 2. The van der Waals surface area contributed by atoms with Gasteiger partial charge in [-0.25, -0.2) is 9.97 Å². The molecule has 2 aromatic rings. The fourth-order valence-electron chi connectivity index (χ4n) is 1.87. The number of rotatable bonds is 4. The SMILES string of the molecule is Clc1ncnc(N(Cc2cccs2)C2CC2)c1Br. The van der Waals surface area contributed by atoms with E-state index in [0.717, 1.165) is 16.8 Å². The third kappa shape index (κ3) is 2.53. The zero-order valence-electron chi connectivity index (χ0n) is 9.51. The van der Waals surface area contributed by atoms with Crippen LogP contribution in [0.15, 0.2) is 28.3 Å². The average Bonchev–Trinajstić information content (AvgIpc) is 3.08. The smallest absolute Gasteiger partial charge is 0.148 e. The van der Waals surface area contributed by atoms with Gasteiger partial charge in [0, 0.05) is 10.9 Å². The molecule has 0 amide bonds. The third-order valence-corrected chi connectivity index (χ3v) is 5.00. The molecule has 0 aliphatic heterocycles. The van der Waals surface area contributed by atoms with Crippen molar-refractivity contribution in [1.82, 2.24) is 9.97 Å². The van der Waals surface area contributed by atoms with Crippen molar-refractivity contribution in [1.29, 1.82) is 0 Å². The molecule has 1 saturated carbocycles. The first kappa shape index (κ1) is 12.4. The van der Waals surface area contributed by atoms with Gasteiger partial charge in [-0.15, -0.1) is 11.3 Å². The summed E-state index contributed by atoms with van der Waals surface area (Å²) < 4.78 is 0.787. The molecule has 2 heterocycles. The maximum Gasteiger partial charge on any atom is 0.148 e. The van der Waals surface area contributed by atoms with Crippen molar-refractivity contribution in [2.75, 3.05) is 4.90 Å². The number of aromatic nitrogens is 2. The zero-order chi connectivity index (χ0) is 12.5. The first-order chi connectivity index (χ1) is 8.75. The van der Waals surface area contributed by atoms with Gasteiger partial charge in [0.05, 0.1) is 11.0 Å². The molecule has 0 saturated heterocycles. The predicted molar refractivity (Wildman–Crippen MR) is 78.3 cm³/mol. The van der Waals surface area contributed by atoms with E-state index >= 15 is 0 Å². The molecule has 0 radical (unpaired) electrons. The lowest BCUT2D eigenvalue weighted by Gasteiger charge is -2.23. The second-order valence-corrected chi connectivity index (χ2v) is 6.42. The van der Waals surface area contributed by atoms with E-state index in [1.54, 1.807) is 11.3 Å². The minimum absolute atomic E-state index is 0.469. The molecule has 0 atom stereocenters. The van der Waals surface area contributed by atoms with E-state index in [1.807, 2.05) is 0 Å². The second kappa shape index (κ2) is 5.15. The van der Waals surface area contributed by atoms with E-state index in [2.05, 4.69) is 48.3 Å². The standard InChI is InChI=1S/C12H11BrClN3S/c13-10-11(14)15-7-16-12(10)17(8-3-4-8)6-9-2-1-5-18-9/h1-2,5,7-8H,3-4,6H2. The molecule has 1 fully saturated rings. The van der Waals surface area contributed by atoms with Gasteiger partial charge in [0.2, 0.25) is 0 Å². The molecule has 18 heavy (non-hydrogen) atoms. The van der Waals surface area contributed by atoms with Crippen LogP contribution in [-0.2, 0) is 6.54 Å². The van der Waals surface area contributed by atoms with Crippen LogP contribution in [0.3, 0.4) is 0 Å². The van der Waals surface area contributed by atoms with Crippen LogP contribution in [0.1, 0.15) is 17.7 Å². The van der Waals surface area contributed by atoms with Crippen molar-refractivity contribution >= 4 is 44.7 Å². The van der Waals surface area contributed by atoms with Crippen molar-refractivity contribution in [2.45, 2.75) is 25.4 Å². The van der Waals surface area contributed by atoms with E-state index in [9.17, 15) is 0 Å². The largest absolute Gasteiger partial charge is 0.347 e. The van der Waals surface area contributed by atoms with Crippen LogP contribution in [0.25, 0.3) is 0 Å². The third-order valence-electron chi connectivity index (χ3n) is 2.89. The van der Waals surface area contributed by atoms with E-state index in [4.69, 9.17) is 11.6 Å². The first-order valence-corrected chi connectivity index (χ1v) is 7.76. The highest BCUT2D eigenvalue weighted by atomic mass is 79.9. The second-order valence-electron chi connectivity index (χ2n) is 4.24. The van der Waals surface area contributed by atoms with Gasteiger partial charge in [-0.05, 0) is 40.2 Å². The molecule has 3 nitrogen and oxygen atoms in total. The summed E-state index contributed by atoms with van der Waals surface area (Å²) in [7, 11) is 0. The van der Waals surface area contributed by atoms with Crippen molar-refractivity contribution in [3.63, 3.8) is 0 Å². The van der Waals surface area contributed by atoms with Crippen LogP contribution in [0.4, 0.5) is 5.82 Å². The van der Waals surface area contributed by atoms with Crippen LogP contribution < -0.4 is 4.90 Å². The molecule has 1 aliphatic carbocycles. The summed E-state index contributed by atoms with van der Waals surface area (Å²) >= 11 is 11.3. The Labute approximate surface area is 123 Å². The Bertz CT molecular complexity index is 542. The highest BCUT2D eigenvalue weighted by Gasteiger charge is 2.31. The quantitative estimate of drug-likeness (QED) is 0.781. The summed E-state index contributed by atoms with van der Waals surface area (Å²) in [6, 6.07) is 4.80. The topological polar surface area (TPSA) is 29.0 Å². The fourth-order valence-corrected chi connectivity index (χ4v) is 3.14. The Morgan fingerprint density at radius 1 is 1.44 bits per heavy atom. The molecular formula is C12H11BrClN3S. The predicted octanol–water partition coefficient (Wildman–Crippen LogP) is 4.12. The number of thiophene rings is 1. The number of nitrogens with zero attached hydrogens (tertiary/aromatic N) is 3. The molecule has 94 valence electrons. The van der Waals surface area contributed by atoms with Crippen molar-refractivity contribution in [3.05, 3.63) is 38.3 Å². The normalized spacial score (nSPS) is 14.8. The number of hydrogen-bond donors (Lipinski definition) is 0. The Kier molecular flexibility index (Phi) is 3.54. The lowest BCUT2D eigenvalue weighted by molar-refractivity contribution is 0.780. The molecule has 0 spiro atoms. The van der Waals surface area contributed by atoms with Gasteiger partial charge in [0.15, 0.2) is 0 Å². The summed E-state index contributed by atoms with van der Waals surface area (Å²) in [5, 5.41) is 2.57. The molecule has 0 unspecified atom stereocenters. The Morgan fingerprint density at radius 3 is 2.94 bits per heavy atom. The molecule has 0 N–H and O–H groups in total. The van der Waals surface area contributed by atoms with Crippen LogP contribution in [0.5, 0.6) is 0 Å². The number of anilines is 1.